The van der Waals surface area contributed by atoms with Crippen LogP contribution in [-0.2, 0) is 14.9 Å². The fraction of sp³-hybridized carbons (Fsp3) is 0.400. The first-order valence-electron chi connectivity index (χ1n) is 6.08. The average Bonchev–Trinajstić information content (AvgIpc) is 2.41. The predicted octanol–water partition coefficient (Wildman–Crippen LogP) is 1.28. The van der Waals surface area contributed by atoms with E-state index in [0.717, 1.165) is 0 Å². The Labute approximate surface area is 136 Å². The third-order valence-corrected chi connectivity index (χ3v) is 5.24. The van der Waals surface area contributed by atoms with Crippen molar-refractivity contribution in [3.63, 3.8) is 0 Å². The van der Waals surface area contributed by atoms with Crippen molar-refractivity contribution in [3.05, 3.63) is 27.3 Å². The largest absolute Gasteiger partial charge is 0.371 e. The normalized spacial score (nSPS) is 15.0. The molecule has 3 N–H and O–H groups in total. The minimum atomic E-state index is -3.90. The molecule has 2 rings (SSSR count). The molecule has 0 aliphatic carbocycles. The van der Waals surface area contributed by atoms with Crippen molar-refractivity contribution in [1.82, 2.24) is 4.31 Å². The molecule has 9 nitrogen and oxygen atoms in total. The van der Waals surface area contributed by atoms with Crippen molar-refractivity contribution < 1.29 is 18.3 Å². The maximum atomic E-state index is 11.5. The van der Waals surface area contributed by atoms with Crippen LogP contribution in [0.4, 0.5) is 5.69 Å². The summed E-state index contributed by atoms with van der Waals surface area (Å²) in [5, 5.41) is 17.5. The number of benzene rings is 1. The van der Waals surface area contributed by atoms with Gasteiger partial charge in [0.25, 0.3) is 5.09 Å². The molecule has 0 fully saturated rings. The Balaban J connectivity index is 2.05. The number of rotatable bonds is 6. The predicted molar refractivity (Wildman–Crippen MR) is 81.4 cm³/mol. The number of fused-ring (bicyclic) bond motifs is 1. The molecular formula is C10H13ClN4O5S2. The van der Waals surface area contributed by atoms with Crippen LogP contribution in [0.25, 0.3) is 0 Å². The molecule has 1 aliphatic heterocycles. The summed E-state index contributed by atoms with van der Waals surface area (Å²) in [5.41, 5.74) is 0.709. The molecule has 1 aliphatic rings. The van der Waals surface area contributed by atoms with Crippen LogP contribution in [0.2, 0.25) is 5.02 Å². The lowest BCUT2D eigenvalue weighted by Crippen LogP contribution is -2.28. The second-order valence-corrected chi connectivity index (χ2v) is 7.44. The molecule has 0 aromatic heterocycles. The number of halogens is 1. The molecule has 0 saturated carbocycles. The van der Waals surface area contributed by atoms with Crippen LogP contribution in [0.3, 0.4) is 0 Å². The lowest BCUT2D eigenvalue weighted by Gasteiger charge is -2.29. The van der Waals surface area contributed by atoms with Gasteiger partial charge in [0.15, 0.2) is 0 Å². The lowest BCUT2D eigenvalue weighted by atomic mass is 10.3. The first kappa shape index (κ1) is 17.1. The minimum absolute atomic E-state index is 0.0000355. The summed E-state index contributed by atoms with van der Waals surface area (Å²) in [6.07, 6.45) is 0.459. The van der Waals surface area contributed by atoms with E-state index in [1.54, 1.807) is 0 Å². The van der Waals surface area contributed by atoms with E-state index in [2.05, 4.69) is 10.2 Å². The van der Waals surface area contributed by atoms with Crippen molar-refractivity contribution in [3.8, 4) is 0 Å². The van der Waals surface area contributed by atoms with Gasteiger partial charge in [0.2, 0.25) is 10.0 Å². The molecule has 0 amide bonds. The monoisotopic (exact) mass is 368 g/mol. The van der Waals surface area contributed by atoms with E-state index >= 15 is 0 Å². The maximum Gasteiger partial charge on any atom is 0.294 e. The minimum Gasteiger partial charge on any atom is -0.371 e. The zero-order valence-electron chi connectivity index (χ0n) is 11.2. The summed E-state index contributed by atoms with van der Waals surface area (Å²) in [5.74, 6) is 0. The van der Waals surface area contributed by atoms with Crippen molar-refractivity contribution >= 4 is 39.3 Å². The SMILES string of the molecule is NS(=O)(=O)c1cc2c(cc1Cl)NCN(CCCO[N+](=O)[O-])S2. The molecule has 1 heterocycles. The summed E-state index contributed by atoms with van der Waals surface area (Å²) in [7, 11) is -3.90. The highest BCUT2D eigenvalue weighted by Crippen LogP contribution is 2.38. The number of sulfonamides is 1. The summed E-state index contributed by atoms with van der Waals surface area (Å²) in [6, 6.07) is 2.92. The van der Waals surface area contributed by atoms with E-state index in [1.165, 1.54) is 24.1 Å². The van der Waals surface area contributed by atoms with Crippen molar-refractivity contribution in [1.29, 1.82) is 0 Å². The Hall–Kier alpha value is -1.27. The zero-order valence-corrected chi connectivity index (χ0v) is 13.6. The topological polar surface area (TPSA) is 128 Å². The van der Waals surface area contributed by atoms with Crippen LogP contribution in [0, 0.1) is 10.1 Å². The number of anilines is 1. The summed E-state index contributed by atoms with van der Waals surface area (Å²) < 4.78 is 24.8. The second kappa shape index (κ2) is 6.87. The third kappa shape index (κ3) is 4.36. The van der Waals surface area contributed by atoms with Gasteiger partial charge in [0, 0.05) is 11.4 Å². The highest BCUT2D eigenvalue weighted by Gasteiger charge is 2.22. The Morgan fingerprint density at radius 1 is 1.55 bits per heavy atom. The van der Waals surface area contributed by atoms with Gasteiger partial charge in [-0.3, -0.25) is 0 Å². The highest BCUT2D eigenvalue weighted by atomic mass is 35.5. The lowest BCUT2D eigenvalue weighted by molar-refractivity contribution is -0.757. The van der Waals surface area contributed by atoms with Crippen LogP contribution in [0.1, 0.15) is 6.42 Å². The molecule has 22 heavy (non-hydrogen) atoms. The molecule has 0 atom stereocenters. The van der Waals surface area contributed by atoms with Gasteiger partial charge in [-0.05, 0) is 30.5 Å². The summed E-state index contributed by atoms with van der Waals surface area (Å²) in [4.78, 5) is 14.8. The highest BCUT2D eigenvalue weighted by molar-refractivity contribution is 7.97. The van der Waals surface area contributed by atoms with E-state index in [1.807, 2.05) is 4.31 Å². The van der Waals surface area contributed by atoms with Crippen LogP contribution in [-0.4, -0.2) is 37.6 Å². The van der Waals surface area contributed by atoms with Gasteiger partial charge >= 0.3 is 0 Å². The number of nitrogens with one attached hydrogen (secondary N) is 1. The molecule has 0 radical (unpaired) electrons. The molecule has 0 bridgehead atoms. The van der Waals surface area contributed by atoms with Crippen molar-refractivity contribution in [2.24, 2.45) is 5.14 Å². The third-order valence-electron chi connectivity index (χ3n) is 2.76. The zero-order chi connectivity index (χ0) is 16.3. The van der Waals surface area contributed by atoms with Gasteiger partial charge in [0.05, 0.1) is 24.0 Å². The summed E-state index contributed by atoms with van der Waals surface area (Å²) >= 11 is 7.23. The van der Waals surface area contributed by atoms with Crippen LogP contribution >= 0.6 is 23.5 Å². The summed E-state index contributed by atoms with van der Waals surface area (Å²) in [6.45, 7) is 1.01. The number of hydrogen-bond donors (Lipinski definition) is 2. The van der Waals surface area contributed by atoms with Gasteiger partial charge in [-0.1, -0.05) is 11.6 Å². The van der Waals surface area contributed by atoms with Crippen molar-refractivity contribution in [2.75, 3.05) is 25.1 Å². The average molecular weight is 369 g/mol. The van der Waals surface area contributed by atoms with E-state index in [0.29, 0.717) is 30.2 Å². The van der Waals surface area contributed by atoms with Gasteiger partial charge in [-0.15, -0.1) is 10.1 Å². The van der Waals surface area contributed by atoms with Gasteiger partial charge in [-0.2, -0.15) is 0 Å². The van der Waals surface area contributed by atoms with E-state index in [-0.39, 0.29) is 16.5 Å². The number of nitrogens with two attached hydrogens (primary N) is 1. The first-order valence-corrected chi connectivity index (χ1v) is 8.77. The molecule has 1 aromatic carbocycles. The Bertz CT molecular complexity index is 684. The molecule has 0 spiro atoms. The van der Waals surface area contributed by atoms with E-state index in [4.69, 9.17) is 16.7 Å². The number of nitrogens with zero attached hydrogens (tertiary/aromatic N) is 2. The quantitative estimate of drug-likeness (QED) is 0.332. The molecule has 1 aromatic rings. The van der Waals surface area contributed by atoms with Crippen LogP contribution < -0.4 is 10.5 Å². The molecule has 12 heteroatoms. The van der Waals surface area contributed by atoms with Crippen molar-refractivity contribution in [2.45, 2.75) is 16.2 Å². The smallest absolute Gasteiger partial charge is 0.294 e. The Morgan fingerprint density at radius 3 is 2.91 bits per heavy atom. The van der Waals surface area contributed by atoms with E-state index < -0.39 is 15.1 Å². The van der Waals surface area contributed by atoms with Crippen LogP contribution in [0.15, 0.2) is 21.9 Å². The maximum absolute atomic E-state index is 11.5. The number of primary sulfonamides is 1. The van der Waals surface area contributed by atoms with Crippen LogP contribution in [0.5, 0.6) is 0 Å². The Morgan fingerprint density at radius 2 is 2.27 bits per heavy atom. The van der Waals surface area contributed by atoms with Gasteiger partial charge in [-0.25, -0.2) is 17.9 Å². The molecule has 0 unspecified atom stereocenters. The number of hydrogen-bond acceptors (Lipinski definition) is 8. The Kier molecular flexibility index (Phi) is 5.34. The molecular weight excluding hydrogens is 356 g/mol. The van der Waals surface area contributed by atoms with Gasteiger partial charge in [0.1, 0.15) is 4.90 Å². The second-order valence-electron chi connectivity index (χ2n) is 4.37. The fourth-order valence-electron chi connectivity index (χ4n) is 1.82. The molecule has 122 valence electrons. The fourth-order valence-corrected chi connectivity index (χ4v) is 4.02. The van der Waals surface area contributed by atoms with E-state index in [9.17, 15) is 18.5 Å². The van der Waals surface area contributed by atoms with Gasteiger partial charge < -0.3 is 10.2 Å². The molecule has 0 saturated heterocycles. The standard InChI is InChI=1S/C10H13ClN4O5S2/c11-7-4-8-9(5-10(7)22(12,18)19)21-14(6-13-8)2-1-3-20-15(16)17/h4-5,13H,1-3,6H2,(H2,12,18,19). The first-order chi connectivity index (χ1) is 10.3.